The SMILES string of the molecule is CCCN=C(N(C)C)N(C)C[SiH](C)C. The van der Waals surface area contributed by atoms with Crippen LogP contribution in [0.4, 0.5) is 0 Å². The third-order valence-electron chi connectivity index (χ3n) is 1.86. The van der Waals surface area contributed by atoms with Gasteiger partial charge in [0.05, 0.1) is 8.80 Å². The Hall–Kier alpha value is -0.513. The van der Waals surface area contributed by atoms with E-state index >= 15 is 0 Å². The molecule has 0 spiro atoms. The highest BCUT2D eigenvalue weighted by atomic mass is 28.3. The maximum absolute atomic E-state index is 4.59. The molecule has 0 N–H and O–H groups in total. The van der Waals surface area contributed by atoms with Crippen LogP contribution in [0, 0.1) is 0 Å². The van der Waals surface area contributed by atoms with E-state index in [1.165, 1.54) is 6.17 Å². The van der Waals surface area contributed by atoms with Gasteiger partial charge in [0.25, 0.3) is 0 Å². The molecule has 0 radical (unpaired) electrons. The minimum Gasteiger partial charge on any atom is -0.349 e. The summed E-state index contributed by atoms with van der Waals surface area (Å²) in [6.45, 7) is 7.82. The fraction of sp³-hybridized carbons (Fsp3) is 0.900. The highest BCUT2D eigenvalue weighted by Gasteiger charge is 2.09. The Labute approximate surface area is 90.4 Å². The molecule has 0 aromatic carbocycles. The van der Waals surface area contributed by atoms with Gasteiger partial charge in [-0.2, -0.15) is 0 Å². The van der Waals surface area contributed by atoms with Gasteiger partial charge in [0, 0.05) is 33.9 Å². The smallest absolute Gasteiger partial charge is 0.195 e. The van der Waals surface area contributed by atoms with E-state index in [1.807, 2.05) is 0 Å². The molecule has 0 aliphatic rings. The zero-order valence-electron chi connectivity index (χ0n) is 10.5. The summed E-state index contributed by atoms with van der Waals surface area (Å²) in [6, 6.07) is 0. The van der Waals surface area contributed by atoms with Crippen LogP contribution in [-0.4, -0.2) is 58.4 Å². The summed E-state index contributed by atoms with van der Waals surface area (Å²) >= 11 is 0. The molecule has 0 rings (SSSR count). The second kappa shape index (κ2) is 6.87. The molecule has 0 fully saturated rings. The molecule has 0 aromatic heterocycles. The minimum absolute atomic E-state index is 0.541. The van der Waals surface area contributed by atoms with Crippen LogP contribution in [0.2, 0.25) is 13.1 Å². The van der Waals surface area contributed by atoms with Gasteiger partial charge in [0.2, 0.25) is 0 Å². The third kappa shape index (κ3) is 5.27. The van der Waals surface area contributed by atoms with Gasteiger partial charge >= 0.3 is 0 Å². The van der Waals surface area contributed by atoms with Crippen LogP contribution >= 0.6 is 0 Å². The van der Waals surface area contributed by atoms with Gasteiger partial charge < -0.3 is 9.80 Å². The molecular formula is C10H25N3Si. The van der Waals surface area contributed by atoms with Crippen LogP contribution in [0.3, 0.4) is 0 Å². The summed E-state index contributed by atoms with van der Waals surface area (Å²) in [6.07, 6.45) is 2.31. The maximum Gasteiger partial charge on any atom is 0.195 e. The van der Waals surface area contributed by atoms with Crippen molar-refractivity contribution in [2.45, 2.75) is 26.4 Å². The average molecular weight is 215 g/mol. The zero-order chi connectivity index (χ0) is 11.1. The van der Waals surface area contributed by atoms with Crippen molar-refractivity contribution in [1.29, 1.82) is 0 Å². The first kappa shape index (κ1) is 13.5. The van der Waals surface area contributed by atoms with Gasteiger partial charge in [0.1, 0.15) is 0 Å². The first-order chi connectivity index (χ1) is 6.49. The highest BCUT2D eigenvalue weighted by molar-refractivity contribution is 6.56. The Bertz CT molecular complexity index is 178. The third-order valence-corrected chi connectivity index (χ3v) is 3.14. The first-order valence-electron chi connectivity index (χ1n) is 5.41. The van der Waals surface area contributed by atoms with E-state index in [2.05, 4.69) is 56.0 Å². The van der Waals surface area contributed by atoms with Gasteiger partial charge in [0.15, 0.2) is 5.96 Å². The van der Waals surface area contributed by atoms with Crippen molar-refractivity contribution in [2.75, 3.05) is 33.9 Å². The molecule has 0 aromatic rings. The number of hydrogen-bond acceptors (Lipinski definition) is 1. The molecule has 0 atom stereocenters. The molecule has 0 aliphatic carbocycles. The molecule has 0 amide bonds. The second-order valence-electron chi connectivity index (χ2n) is 4.35. The molecule has 3 nitrogen and oxygen atoms in total. The van der Waals surface area contributed by atoms with Gasteiger partial charge in [-0.1, -0.05) is 20.0 Å². The van der Waals surface area contributed by atoms with E-state index in [4.69, 9.17) is 0 Å². The Morgan fingerprint density at radius 2 is 1.79 bits per heavy atom. The lowest BCUT2D eigenvalue weighted by Crippen LogP contribution is -2.42. The molecule has 0 saturated carbocycles. The second-order valence-corrected chi connectivity index (χ2v) is 7.50. The fourth-order valence-corrected chi connectivity index (χ4v) is 2.70. The summed E-state index contributed by atoms with van der Waals surface area (Å²) in [5.41, 5.74) is 0. The monoisotopic (exact) mass is 215 g/mol. The number of nitrogens with zero attached hydrogens (tertiary/aromatic N) is 3. The Balaban J connectivity index is 4.33. The molecule has 0 aliphatic heterocycles. The van der Waals surface area contributed by atoms with E-state index in [0.29, 0.717) is 0 Å². The predicted octanol–water partition coefficient (Wildman–Crippen LogP) is 1.27. The van der Waals surface area contributed by atoms with E-state index in [1.54, 1.807) is 0 Å². The van der Waals surface area contributed by atoms with E-state index < -0.39 is 8.80 Å². The summed E-state index contributed by atoms with van der Waals surface area (Å²) in [4.78, 5) is 8.97. The lowest BCUT2D eigenvalue weighted by molar-refractivity contribution is 0.463. The van der Waals surface area contributed by atoms with Crippen LogP contribution in [0.25, 0.3) is 0 Å². The van der Waals surface area contributed by atoms with Gasteiger partial charge in [-0.3, -0.25) is 4.99 Å². The Morgan fingerprint density at radius 1 is 1.21 bits per heavy atom. The first-order valence-corrected chi connectivity index (χ1v) is 8.54. The minimum atomic E-state index is -0.541. The largest absolute Gasteiger partial charge is 0.349 e. The average Bonchev–Trinajstić information content (AvgIpc) is 2.02. The van der Waals surface area contributed by atoms with E-state index in [0.717, 1.165) is 18.9 Å². The molecule has 0 saturated heterocycles. The van der Waals surface area contributed by atoms with Crippen molar-refractivity contribution in [3.8, 4) is 0 Å². The van der Waals surface area contributed by atoms with Gasteiger partial charge in [-0.15, -0.1) is 0 Å². The lowest BCUT2D eigenvalue weighted by atomic mass is 10.5. The zero-order valence-corrected chi connectivity index (χ0v) is 11.7. The molecular weight excluding hydrogens is 190 g/mol. The van der Waals surface area contributed by atoms with Crippen molar-refractivity contribution in [3.63, 3.8) is 0 Å². The molecule has 84 valence electrons. The normalized spacial score (nSPS) is 12.1. The fourth-order valence-electron chi connectivity index (χ4n) is 1.44. The summed E-state index contributed by atoms with van der Waals surface area (Å²) < 4.78 is 0. The number of rotatable bonds is 4. The number of guanidine groups is 1. The molecule has 14 heavy (non-hydrogen) atoms. The van der Waals surface area contributed by atoms with E-state index in [-0.39, 0.29) is 0 Å². The Morgan fingerprint density at radius 3 is 2.14 bits per heavy atom. The van der Waals surface area contributed by atoms with Crippen LogP contribution in [0.5, 0.6) is 0 Å². The standard InChI is InChI=1S/C10H25N3Si/c1-7-8-11-10(12(2)3)13(4)9-14(5)6/h14H,7-9H2,1-6H3. The summed E-state index contributed by atoms with van der Waals surface area (Å²) in [7, 11) is 5.72. The molecule has 0 heterocycles. The van der Waals surface area contributed by atoms with E-state index in [9.17, 15) is 0 Å². The van der Waals surface area contributed by atoms with Gasteiger partial charge in [-0.05, 0) is 6.42 Å². The van der Waals surface area contributed by atoms with Crippen LogP contribution < -0.4 is 0 Å². The van der Waals surface area contributed by atoms with Crippen LogP contribution in [-0.2, 0) is 0 Å². The van der Waals surface area contributed by atoms with Crippen LogP contribution in [0.15, 0.2) is 4.99 Å². The van der Waals surface area contributed by atoms with Gasteiger partial charge in [-0.25, -0.2) is 0 Å². The Kier molecular flexibility index (Phi) is 6.62. The predicted molar refractivity (Wildman–Crippen MR) is 67.8 cm³/mol. The highest BCUT2D eigenvalue weighted by Crippen LogP contribution is 1.95. The summed E-state index contributed by atoms with van der Waals surface area (Å²) in [5.74, 6) is 1.12. The molecule has 0 bridgehead atoms. The van der Waals surface area contributed by atoms with Crippen molar-refractivity contribution >= 4 is 14.8 Å². The topological polar surface area (TPSA) is 18.8 Å². The van der Waals surface area contributed by atoms with Crippen molar-refractivity contribution in [2.24, 2.45) is 4.99 Å². The maximum atomic E-state index is 4.59. The quantitative estimate of drug-likeness (QED) is 0.400. The molecule has 0 unspecified atom stereocenters. The van der Waals surface area contributed by atoms with Crippen LogP contribution in [0.1, 0.15) is 13.3 Å². The summed E-state index contributed by atoms with van der Waals surface area (Å²) in [5, 5.41) is 0. The number of aliphatic imine (C=N–C) groups is 1. The lowest BCUT2D eigenvalue weighted by Gasteiger charge is -2.27. The van der Waals surface area contributed by atoms with Crippen molar-refractivity contribution in [3.05, 3.63) is 0 Å². The molecule has 4 heteroatoms. The van der Waals surface area contributed by atoms with Crippen molar-refractivity contribution < 1.29 is 0 Å². The van der Waals surface area contributed by atoms with Crippen molar-refractivity contribution in [1.82, 2.24) is 9.80 Å². The number of hydrogen-bond donors (Lipinski definition) is 0.